The Hall–Kier alpha value is -1.67. The molecule has 7 nitrogen and oxygen atoms in total. The van der Waals surface area contributed by atoms with Crippen LogP contribution in [0, 0.1) is 5.92 Å². The highest BCUT2D eigenvalue weighted by Gasteiger charge is 2.41. The van der Waals surface area contributed by atoms with E-state index in [9.17, 15) is 9.59 Å². The molecule has 2 heterocycles. The van der Waals surface area contributed by atoms with E-state index >= 15 is 0 Å². The first-order valence-corrected chi connectivity index (χ1v) is 8.03. The third-order valence-corrected chi connectivity index (χ3v) is 4.46. The minimum atomic E-state index is -0.597. The van der Waals surface area contributed by atoms with Crippen LogP contribution in [0.1, 0.15) is 13.3 Å². The molecule has 0 saturated carbocycles. The first-order chi connectivity index (χ1) is 11.1. The molecular weight excluding hydrogens is 330 g/mol. The Kier molecular flexibility index (Phi) is 6.56. The lowest BCUT2D eigenvalue weighted by molar-refractivity contribution is -0.128. The fraction of sp³-hybridized carbons (Fsp3) is 0.500. The average Bonchev–Trinajstić information content (AvgIpc) is 2.99. The zero-order valence-electron chi connectivity index (χ0n) is 13.5. The van der Waals surface area contributed by atoms with Gasteiger partial charge in [-0.2, -0.15) is 0 Å². The van der Waals surface area contributed by atoms with Crippen molar-refractivity contribution in [2.24, 2.45) is 5.92 Å². The zero-order chi connectivity index (χ0) is 16.2. The number of benzene rings is 1. The van der Waals surface area contributed by atoms with Gasteiger partial charge in [0.25, 0.3) is 0 Å². The summed E-state index contributed by atoms with van der Waals surface area (Å²) in [4.78, 5) is 24.6. The fourth-order valence-corrected chi connectivity index (χ4v) is 3.12. The molecule has 3 rings (SSSR count). The van der Waals surface area contributed by atoms with Crippen molar-refractivity contribution in [3.8, 4) is 0 Å². The molecule has 132 valence electrons. The van der Waals surface area contributed by atoms with Crippen LogP contribution in [0.25, 0.3) is 0 Å². The van der Waals surface area contributed by atoms with Crippen LogP contribution in [-0.2, 0) is 9.59 Å². The van der Waals surface area contributed by atoms with E-state index in [1.54, 1.807) is 6.92 Å². The number of fused-ring (bicyclic) bond motifs is 1. The largest absolute Gasteiger partial charge is 0.343 e. The molecule has 0 spiro atoms. The normalized spacial score (nSPS) is 26.6. The van der Waals surface area contributed by atoms with Crippen molar-refractivity contribution < 1.29 is 9.59 Å². The van der Waals surface area contributed by atoms with Gasteiger partial charge in [-0.15, -0.1) is 12.4 Å². The van der Waals surface area contributed by atoms with Crippen LogP contribution in [0.15, 0.2) is 30.3 Å². The number of carbonyl (C=O) groups is 2. The third-order valence-electron chi connectivity index (χ3n) is 4.46. The second-order valence-corrected chi connectivity index (χ2v) is 6.12. The van der Waals surface area contributed by atoms with Crippen LogP contribution >= 0.6 is 12.4 Å². The Balaban J connectivity index is 0.00000208. The van der Waals surface area contributed by atoms with Crippen LogP contribution in [-0.4, -0.2) is 43.0 Å². The van der Waals surface area contributed by atoms with Crippen LogP contribution in [0.4, 0.5) is 5.69 Å². The Morgan fingerprint density at radius 2 is 1.96 bits per heavy atom. The van der Waals surface area contributed by atoms with Crippen molar-refractivity contribution in [1.82, 2.24) is 21.5 Å². The molecule has 0 aromatic heterocycles. The number of nitrogens with one attached hydrogen (secondary N) is 5. The van der Waals surface area contributed by atoms with E-state index in [0.717, 1.165) is 25.2 Å². The highest BCUT2D eigenvalue weighted by atomic mass is 35.5. The third kappa shape index (κ3) is 4.24. The Labute approximate surface area is 147 Å². The molecule has 0 radical (unpaired) electrons. The van der Waals surface area contributed by atoms with Crippen molar-refractivity contribution in [2.45, 2.75) is 31.5 Å². The monoisotopic (exact) mass is 353 g/mol. The van der Waals surface area contributed by atoms with Gasteiger partial charge in [0.1, 0.15) is 12.1 Å². The van der Waals surface area contributed by atoms with Crippen molar-refractivity contribution in [1.29, 1.82) is 0 Å². The van der Waals surface area contributed by atoms with Crippen LogP contribution in [0.3, 0.4) is 0 Å². The summed E-state index contributed by atoms with van der Waals surface area (Å²) in [5, 5.41) is 8.90. The van der Waals surface area contributed by atoms with Gasteiger partial charge in [0.2, 0.25) is 11.8 Å². The van der Waals surface area contributed by atoms with Crippen molar-refractivity contribution in [3.05, 3.63) is 30.3 Å². The molecular formula is C16H24ClN5O2. The summed E-state index contributed by atoms with van der Waals surface area (Å²) >= 11 is 0. The van der Waals surface area contributed by atoms with Crippen molar-refractivity contribution in [2.75, 3.05) is 18.4 Å². The minimum Gasteiger partial charge on any atom is -0.343 e. The van der Waals surface area contributed by atoms with Gasteiger partial charge in [-0.1, -0.05) is 18.2 Å². The number of hydrogen-bond acceptors (Lipinski definition) is 5. The average molecular weight is 354 g/mol. The lowest BCUT2D eigenvalue weighted by atomic mass is 9.89. The lowest BCUT2D eigenvalue weighted by Gasteiger charge is -2.28. The van der Waals surface area contributed by atoms with Gasteiger partial charge in [-0.25, -0.2) is 5.43 Å². The van der Waals surface area contributed by atoms with Gasteiger partial charge in [0, 0.05) is 24.2 Å². The Morgan fingerprint density at radius 3 is 2.71 bits per heavy atom. The summed E-state index contributed by atoms with van der Waals surface area (Å²) in [5.41, 5.74) is 6.96. The highest BCUT2D eigenvalue weighted by Crippen LogP contribution is 2.20. The van der Waals surface area contributed by atoms with E-state index in [4.69, 9.17) is 0 Å². The molecule has 8 heteroatoms. The van der Waals surface area contributed by atoms with Gasteiger partial charge < -0.3 is 16.0 Å². The number of anilines is 1. The number of amides is 2. The molecule has 2 fully saturated rings. The summed E-state index contributed by atoms with van der Waals surface area (Å²) in [5.74, 6) is -0.175. The second kappa shape index (κ2) is 8.43. The number of rotatable bonds is 4. The van der Waals surface area contributed by atoms with Crippen LogP contribution in [0.5, 0.6) is 0 Å². The minimum absolute atomic E-state index is 0. The quantitative estimate of drug-likeness (QED) is 0.525. The van der Waals surface area contributed by atoms with E-state index in [2.05, 4.69) is 26.8 Å². The van der Waals surface area contributed by atoms with Crippen molar-refractivity contribution >= 4 is 29.9 Å². The Morgan fingerprint density at radius 1 is 1.21 bits per heavy atom. The molecule has 2 amide bonds. The molecule has 5 N–H and O–H groups in total. The summed E-state index contributed by atoms with van der Waals surface area (Å²) in [6.07, 6.45) is 0.992. The molecule has 1 aromatic rings. The summed E-state index contributed by atoms with van der Waals surface area (Å²) in [7, 11) is 0. The van der Waals surface area contributed by atoms with E-state index in [0.29, 0.717) is 6.04 Å². The summed E-state index contributed by atoms with van der Waals surface area (Å²) in [6.45, 7) is 3.45. The fourth-order valence-electron chi connectivity index (χ4n) is 3.12. The smallest absolute Gasteiger partial charge is 0.246 e. The van der Waals surface area contributed by atoms with E-state index in [1.807, 2.05) is 30.3 Å². The topological polar surface area (TPSA) is 94.3 Å². The van der Waals surface area contributed by atoms with Crippen molar-refractivity contribution in [3.63, 3.8) is 0 Å². The number of hydrazine groups is 1. The maximum Gasteiger partial charge on any atom is 0.246 e. The van der Waals surface area contributed by atoms with Crippen LogP contribution in [0.2, 0.25) is 0 Å². The van der Waals surface area contributed by atoms with E-state index in [1.165, 1.54) is 0 Å². The number of carbonyl (C=O) groups excluding carboxylic acids is 2. The van der Waals surface area contributed by atoms with Gasteiger partial charge in [0.15, 0.2) is 0 Å². The molecule has 24 heavy (non-hydrogen) atoms. The molecule has 2 aliphatic rings. The first kappa shape index (κ1) is 18.7. The number of piperidine rings is 1. The van der Waals surface area contributed by atoms with Gasteiger partial charge in [-0.05, 0) is 32.0 Å². The van der Waals surface area contributed by atoms with Crippen LogP contribution < -0.4 is 26.8 Å². The Bertz CT molecular complexity index is 571. The molecule has 0 aliphatic carbocycles. The number of halogens is 1. The molecule has 2 aliphatic heterocycles. The SMILES string of the molecule is CC(NC(=O)C1NNC2CCNCC21)C(=O)Nc1ccccc1.Cl. The standard InChI is InChI=1S/C16H23N5O2.ClH/c1-10(15(22)19-11-5-3-2-4-6-11)18-16(23)14-12-9-17-8-7-13(12)20-21-14;/h2-6,10,12-14,17,20-21H,7-9H2,1H3,(H,18,23)(H,19,22);1H. The van der Waals surface area contributed by atoms with E-state index in [-0.39, 0.29) is 36.2 Å². The second-order valence-electron chi connectivity index (χ2n) is 6.12. The van der Waals surface area contributed by atoms with Gasteiger partial charge in [0.05, 0.1) is 0 Å². The maximum atomic E-state index is 12.4. The first-order valence-electron chi connectivity index (χ1n) is 8.03. The van der Waals surface area contributed by atoms with Gasteiger partial charge >= 0.3 is 0 Å². The molecule has 4 unspecified atom stereocenters. The molecule has 2 saturated heterocycles. The molecule has 0 bridgehead atoms. The lowest BCUT2D eigenvalue weighted by Crippen LogP contribution is -2.53. The predicted molar refractivity (Wildman–Crippen MR) is 94.7 cm³/mol. The van der Waals surface area contributed by atoms with E-state index < -0.39 is 6.04 Å². The number of para-hydroxylation sites is 1. The maximum absolute atomic E-state index is 12.4. The predicted octanol–water partition coefficient (Wildman–Crippen LogP) is 0.00610. The summed E-state index contributed by atoms with van der Waals surface area (Å²) < 4.78 is 0. The highest BCUT2D eigenvalue weighted by molar-refractivity contribution is 5.97. The zero-order valence-corrected chi connectivity index (χ0v) is 14.4. The van der Waals surface area contributed by atoms with Gasteiger partial charge in [-0.3, -0.25) is 15.0 Å². The molecule has 1 aromatic carbocycles. The summed E-state index contributed by atoms with van der Waals surface area (Å²) in [6, 6.07) is 8.60. The molecule has 4 atom stereocenters. The number of hydrogen-bond donors (Lipinski definition) is 5.